The summed E-state index contributed by atoms with van der Waals surface area (Å²) in [4.78, 5) is 16.0. The number of hydrogen-bond donors (Lipinski definition) is 0. The predicted molar refractivity (Wildman–Crippen MR) is 194 cm³/mol. The number of benzene rings is 4. The molecule has 5 aromatic rings. The lowest BCUT2D eigenvalue weighted by Gasteiger charge is -2.48. The molecular weight excluding hydrogens is 573 g/mol. The zero-order chi connectivity index (χ0) is 31.4. The van der Waals surface area contributed by atoms with Gasteiger partial charge in [0.15, 0.2) is 0 Å². The van der Waals surface area contributed by atoms with Crippen molar-refractivity contribution in [3.63, 3.8) is 0 Å². The van der Waals surface area contributed by atoms with Gasteiger partial charge in [0.05, 0.1) is 22.8 Å². The quantitative estimate of drug-likeness (QED) is 0.190. The van der Waals surface area contributed by atoms with Crippen molar-refractivity contribution in [2.24, 2.45) is 17.8 Å². The lowest BCUT2D eigenvalue weighted by atomic mass is 9.70. The van der Waals surface area contributed by atoms with Gasteiger partial charge >= 0.3 is 0 Å². The number of para-hydroxylation sites is 3. The van der Waals surface area contributed by atoms with E-state index >= 15 is 0 Å². The molecule has 0 saturated carbocycles. The van der Waals surface area contributed by atoms with Crippen LogP contribution in [0.4, 0.5) is 17.3 Å². The zero-order valence-corrected chi connectivity index (χ0v) is 26.6. The average molecular weight is 611 g/mol. The minimum Gasteiger partial charge on any atom is -0.333 e. The number of anilines is 3. The summed E-state index contributed by atoms with van der Waals surface area (Å²) in [5, 5.41) is 1.08. The molecule has 6 atom stereocenters. The van der Waals surface area contributed by atoms with Gasteiger partial charge in [-0.2, -0.15) is 0 Å². The summed E-state index contributed by atoms with van der Waals surface area (Å²) in [5.41, 5.74) is 6.60. The summed E-state index contributed by atoms with van der Waals surface area (Å²) >= 11 is 0. The lowest BCUT2D eigenvalue weighted by Crippen LogP contribution is -2.56. The first kappa shape index (κ1) is 28.0. The Morgan fingerprint density at radius 2 is 1.45 bits per heavy atom. The van der Waals surface area contributed by atoms with E-state index in [4.69, 9.17) is 9.97 Å². The van der Waals surface area contributed by atoms with Crippen molar-refractivity contribution in [3.05, 3.63) is 163 Å². The van der Waals surface area contributed by atoms with E-state index in [1.165, 1.54) is 16.9 Å². The molecule has 0 amide bonds. The van der Waals surface area contributed by atoms with Crippen molar-refractivity contribution in [3.8, 4) is 11.3 Å². The third-order valence-electron chi connectivity index (χ3n) is 10.9. The maximum atomic E-state index is 5.49. The number of allylic oxidation sites excluding steroid dienone is 6. The first-order chi connectivity index (χ1) is 23.2. The zero-order valence-electron chi connectivity index (χ0n) is 26.6. The maximum Gasteiger partial charge on any atom is 0.227 e. The van der Waals surface area contributed by atoms with Crippen LogP contribution in [0, 0.1) is 17.8 Å². The molecule has 4 nitrogen and oxygen atoms in total. The van der Waals surface area contributed by atoms with Crippen LogP contribution in [0.25, 0.3) is 22.2 Å². The molecule has 230 valence electrons. The summed E-state index contributed by atoms with van der Waals surface area (Å²) in [6.45, 7) is 3.20. The fraction of sp³-hybridized carbons (Fsp3) is 0.209. The van der Waals surface area contributed by atoms with Gasteiger partial charge in [-0.25, -0.2) is 9.97 Å². The van der Waals surface area contributed by atoms with Crippen LogP contribution in [-0.2, 0) is 0 Å². The molecule has 3 heterocycles. The van der Waals surface area contributed by atoms with E-state index in [0.717, 1.165) is 41.1 Å². The number of fused-ring (bicyclic) bond motifs is 7. The van der Waals surface area contributed by atoms with Gasteiger partial charge in [-0.05, 0) is 55.0 Å². The fourth-order valence-electron chi connectivity index (χ4n) is 8.74. The summed E-state index contributed by atoms with van der Waals surface area (Å²) < 4.78 is 0. The smallest absolute Gasteiger partial charge is 0.227 e. The Morgan fingerprint density at radius 3 is 2.32 bits per heavy atom. The van der Waals surface area contributed by atoms with Crippen molar-refractivity contribution in [1.82, 2.24) is 9.97 Å². The molecule has 0 spiro atoms. The number of rotatable bonds is 3. The highest BCUT2D eigenvalue weighted by atomic mass is 15.3. The highest BCUT2D eigenvalue weighted by molar-refractivity contribution is 5.93. The fourth-order valence-corrected chi connectivity index (χ4v) is 8.74. The maximum absolute atomic E-state index is 5.49. The molecule has 2 aliphatic carbocycles. The van der Waals surface area contributed by atoms with Gasteiger partial charge in [0.25, 0.3) is 0 Å². The van der Waals surface area contributed by atoms with E-state index in [9.17, 15) is 0 Å². The molecule has 0 fully saturated rings. The van der Waals surface area contributed by atoms with Crippen LogP contribution in [0.15, 0.2) is 158 Å². The number of hydrogen-bond acceptors (Lipinski definition) is 4. The molecule has 0 bridgehead atoms. The normalized spacial score (nSPS) is 28.1. The van der Waals surface area contributed by atoms with Crippen LogP contribution in [0.5, 0.6) is 0 Å². The molecule has 0 radical (unpaired) electrons. The molecule has 0 N–H and O–H groups in total. The Labute approximate surface area is 277 Å². The van der Waals surface area contributed by atoms with Crippen molar-refractivity contribution in [2.75, 3.05) is 16.3 Å². The van der Waals surface area contributed by atoms with Gasteiger partial charge in [0.2, 0.25) is 5.95 Å². The Bertz CT molecular complexity index is 2060. The Balaban J connectivity index is 1.28. The summed E-state index contributed by atoms with van der Waals surface area (Å²) in [6, 6.07) is 39.1. The highest BCUT2D eigenvalue weighted by Crippen LogP contribution is 2.54. The standard InChI is InChI=1S/C43H38N4/c1-43-29-46(42-44-38-25-12-10-22-36(38)41(45-42)31-16-4-2-5-17-31)39-28-27-30-15-8-9-20-33(30)34(39)23-14-24-37(43)35-21-11-13-26-40(35)47(43)32-18-6-3-7-19-32/h2-22,24-28,30,33-34,37,39H,23,29H2,1H3/b24-14-. The molecule has 9 rings (SSSR count). The van der Waals surface area contributed by atoms with E-state index in [-0.39, 0.29) is 17.5 Å². The van der Waals surface area contributed by atoms with Gasteiger partial charge < -0.3 is 9.80 Å². The van der Waals surface area contributed by atoms with E-state index in [2.05, 4.69) is 175 Å². The molecule has 47 heavy (non-hydrogen) atoms. The van der Waals surface area contributed by atoms with Crippen molar-refractivity contribution < 1.29 is 0 Å². The SMILES string of the molecule is CC12CN(c3nc(-c4ccccc4)c4ccccc4n3)C3C=CC4C=CC=CC4C3C/C=C\C1c1ccccc1N2c1ccccc1. The van der Waals surface area contributed by atoms with Crippen LogP contribution in [0.1, 0.15) is 24.8 Å². The minimum atomic E-state index is -0.314. The van der Waals surface area contributed by atoms with Crippen LogP contribution in [-0.4, -0.2) is 28.1 Å². The number of nitrogens with zero attached hydrogens (tertiary/aromatic N) is 4. The highest BCUT2D eigenvalue weighted by Gasteiger charge is 2.51. The van der Waals surface area contributed by atoms with E-state index < -0.39 is 0 Å². The molecule has 4 aromatic carbocycles. The van der Waals surface area contributed by atoms with E-state index in [1.54, 1.807) is 0 Å². The van der Waals surface area contributed by atoms with E-state index in [0.29, 0.717) is 17.8 Å². The predicted octanol–water partition coefficient (Wildman–Crippen LogP) is 9.67. The van der Waals surface area contributed by atoms with Gasteiger partial charge in [-0.3, -0.25) is 0 Å². The Hall–Kier alpha value is -5.22. The van der Waals surface area contributed by atoms with Crippen LogP contribution in [0.2, 0.25) is 0 Å². The molecular formula is C43H38N4. The third kappa shape index (κ3) is 4.58. The third-order valence-corrected chi connectivity index (χ3v) is 10.9. The first-order valence-corrected chi connectivity index (χ1v) is 16.9. The largest absolute Gasteiger partial charge is 0.333 e. The molecule has 0 saturated heterocycles. The molecule has 6 unspecified atom stereocenters. The minimum absolute atomic E-state index is 0.124. The molecule has 2 aliphatic heterocycles. The van der Waals surface area contributed by atoms with Gasteiger partial charge in [0.1, 0.15) is 0 Å². The van der Waals surface area contributed by atoms with Crippen molar-refractivity contribution >= 4 is 28.2 Å². The van der Waals surface area contributed by atoms with Crippen molar-refractivity contribution in [1.29, 1.82) is 0 Å². The summed E-state index contributed by atoms with van der Waals surface area (Å²) in [7, 11) is 0. The van der Waals surface area contributed by atoms with Crippen molar-refractivity contribution in [2.45, 2.75) is 30.8 Å². The van der Waals surface area contributed by atoms with Crippen LogP contribution < -0.4 is 9.80 Å². The molecule has 4 heteroatoms. The molecule has 1 aromatic heterocycles. The van der Waals surface area contributed by atoms with Crippen LogP contribution in [0.3, 0.4) is 0 Å². The average Bonchev–Trinajstić information content (AvgIpc) is 3.40. The topological polar surface area (TPSA) is 32.3 Å². The molecule has 4 aliphatic rings. The van der Waals surface area contributed by atoms with Gasteiger partial charge in [-0.15, -0.1) is 0 Å². The van der Waals surface area contributed by atoms with Gasteiger partial charge in [0, 0.05) is 40.7 Å². The summed E-state index contributed by atoms with van der Waals surface area (Å²) in [5.74, 6) is 2.19. The Kier molecular flexibility index (Phi) is 6.70. The monoisotopic (exact) mass is 610 g/mol. The first-order valence-electron chi connectivity index (χ1n) is 16.9. The van der Waals surface area contributed by atoms with Crippen LogP contribution >= 0.6 is 0 Å². The summed E-state index contributed by atoms with van der Waals surface area (Å²) in [6.07, 6.45) is 20.1. The second kappa shape index (κ2) is 11.2. The Morgan fingerprint density at radius 1 is 0.702 bits per heavy atom. The second-order valence-corrected chi connectivity index (χ2v) is 13.6. The number of aromatic nitrogens is 2. The second-order valence-electron chi connectivity index (χ2n) is 13.6. The van der Waals surface area contributed by atoms with E-state index in [1.807, 2.05) is 0 Å². The van der Waals surface area contributed by atoms with Gasteiger partial charge in [-0.1, -0.05) is 134 Å². The lowest BCUT2D eigenvalue weighted by molar-refractivity contribution is 0.288.